The van der Waals surface area contributed by atoms with Crippen molar-refractivity contribution in [3.63, 3.8) is 0 Å². The van der Waals surface area contributed by atoms with Crippen molar-refractivity contribution in [2.75, 3.05) is 0 Å². The average molecular weight is 135 g/mol. The lowest BCUT2D eigenvalue weighted by atomic mass is 10.2. The van der Waals surface area contributed by atoms with Gasteiger partial charge in [0.15, 0.2) is 0 Å². The lowest BCUT2D eigenvalue weighted by molar-refractivity contribution is 0.0995. The minimum absolute atomic E-state index is 0.194. The van der Waals surface area contributed by atoms with Gasteiger partial charge in [0, 0.05) is 12.3 Å². The number of carbonyl (C=O) groups excluding carboxylic acids is 1. The molecule has 3 heteroatoms. The van der Waals surface area contributed by atoms with Crippen LogP contribution in [0.4, 0.5) is 0 Å². The number of hydrogen-bond acceptors (Lipinski definition) is 2. The van der Waals surface area contributed by atoms with Crippen molar-refractivity contribution < 1.29 is 4.79 Å². The summed E-state index contributed by atoms with van der Waals surface area (Å²) in [5, 5.41) is 0. The molecule has 0 aromatic carbocycles. The molecule has 0 aliphatic carbocycles. The van der Waals surface area contributed by atoms with Crippen LogP contribution in [0.3, 0.4) is 0 Å². The van der Waals surface area contributed by atoms with Crippen molar-refractivity contribution in [3.05, 3.63) is 29.6 Å². The maximum Gasteiger partial charge on any atom is 0.267 e. The van der Waals surface area contributed by atoms with E-state index in [1.54, 1.807) is 6.07 Å². The number of pyridine rings is 1. The lowest BCUT2D eigenvalue weighted by Gasteiger charge is -1.92. The van der Waals surface area contributed by atoms with Crippen molar-refractivity contribution in [2.45, 2.75) is 6.92 Å². The summed E-state index contributed by atoms with van der Waals surface area (Å²) in [6.45, 7) is 1.83. The van der Waals surface area contributed by atoms with Gasteiger partial charge in [-0.05, 0) is 18.6 Å². The highest BCUT2D eigenvalue weighted by atomic mass is 16.1. The summed E-state index contributed by atoms with van der Waals surface area (Å²) in [6, 6.07) is 4.48. The Morgan fingerprint density at radius 2 is 2.50 bits per heavy atom. The van der Waals surface area contributed by atoms with Gasteiger partial charge in [-0.15, -0.1) is 0 Å². The SMILES string of the molecule is Cc1[c]c(C(N)=O)ncc1. The van der Waals surface area contributed by atoms with Gasteiger partial charge >= 0.3 is 0 Å². The predicted octanol–water partition coefficient (Wildman–Crippen LogP) is 0.289. The minimum atomic E-state index is -0.538. The van der Waals surface area contributed by atoms with Gasteiger partial charge in [-0.2, -0.15) is 0 Å². The summed E-state index contributed by atoms with van der Waals surface area (Å²) in [4.78, 5) is 14.2. The molecule has 0 saturated carbocycles. The molecular weight excluding hydrogens is 128 g/mol. The average Bonchev–Trinajstić information content (AvgIpc) is 1.88. The van der Waals surface area contributed by atoms with Crippen molar-refractivity contribution in [3.8, 4) is 0 Å². The third kappa shape index (κ3) is 1.31. The second-order valence-corrected chi connectivity index (χ2v) is 1.97. The third-order valence-corrected chi connectivity index (χ3v) is 1.08. The molecule has 3 nitrogen and oxygen atoms in total. The first kappa shape index (κ1) is 6.74. The zero-order valence-corrected chi connectivity index (χ0v) is 5.59. The molecule has 2 N–H and O–H groups in total. The first-order chi connectivity index (χ1) is 4.70. The van der Waals surface area contributed by atoms with E-state index in [0.717, 1.165) is 5.56 Å². The highest BCUT2D eigenvalue weighted by Crippen LogP contribution is 1.96. The van der Waals surface area contributed by atoms with E-state index in [4.69, 9.17) is 5.73 Å². The van der Waals surface area contributed by atoms with Crippen LogP contribution in [0, 0.1) is 13.0 Å². The maximum absolute atomic E-state index is 10.5. The van der Waals surface area contributed by atoms with E-state index in [9.17, 15) is 4.79 Å². The van der Waals surface area contributed by atoms with Gasteiger partial charge in [-0.3, -0.25) is 9.78 Å². The fourth-order valence-corrected chi connectivity index (χ4v) is 0.610. The van der Waals surface area contributed by atoms with E-state index in [2.05, 4.69) is 11.1 Å². The summed E-state index contributed by atoms with van der Waals surface area (Å²) < 4.78 is 0. The van der Waals surface area contributed by atoms with Crippen LogP contribution in [0.15, 0.2) is 12.3 Å². The molecule has 1 radical (unpaired) electrons. The normalized spacial score (nSPS) is 9.30. The first-order valence-electron chi connectivity index (χ1n) is 2.85. The Kier molecular flexibility index (Phi) is 1.67. The standard InChI is InChI=1S/C7H7N2O/c1-5-2-3-9-6(4-5)7(8)10/h2-3H,1H3,(H2,8,10). The molecule has 1 aromatic heterocycles. The van der Waals surface area contributed by atoms with E-state index < -0.39 is 5.91 Å². The fourth-order valence-electron chi connectivity index (χ4n) is 0.610. The molecule has 0 atom stereocenters. The number of primary amides is 1. The van der Waals surface area contributed by atoms with Gasteiger partial charge in [-0.1, -0.05) is 0 Å². The topological polar surface area (TPSA) is 56.0 Å². The summed E-state index contributed by atoms with van der Waals surface area (Å²) >= 11 is 0. The summed E-state index contributed by atoms with van der Waals surface area (Å²) in [6.07, 6.45) is 1.53. The predicted molar refractivity (Wildman–Crippen MR) is 36.3 cm³/mol. The van der Waals surface area contributed by atoms with E-state index >= 15 is 0 Å². The third-order valence-electron chi connectivity index (χ3n) is 1.08. The molecule has 51 valence electrons. The molecular formula is C7H7N2O. The Bertz CT molecular complexity index is 258. The smallest absolute Gasteiger partial charge is 0.267 e. The van der Waals surface area contributed by atoms with Crippen LogP contribution in [-0.2, 0) is 0 Å². The molecule has 0 spiro atoms. The molecule has 10 heavy (non-hydrogen) atoms. The molecule has 0 saturated heterocycles. The molecule has 0 unspecified atom stereocenters. The minimum Gasteiger partial charge on any atom is -0.364 e. The van der Waals surface area contributed by atoms with Gasteiger partial charge < -0.3 is 5.73 Å². The second kappa shape index (κ2) is 2.47. The Balaban J connectivity index is 3.07. The number of aromatic nitrogens is 1. The van der Waals surface area contributed by atoms with E-state index in [1.165, 1.54) is 6.20 Å². The van der Waals surface area contributed by atoms with Gasteiger partial charge in [0.05, 0.1) is 0 Å². The molecule has 1 rings (SSSR count). The number of rotatable bonds is 1. The number of nitrogens with zero attached hydrogens (tertiary/aromatic N) is 1. The summed E-state index contributed by atoms with van der Waals surface area (Å²) in [7, 11) is 0. The molecule has 1 heterocycles. The van der Waals surface area contributed by atoms with E-state index in [0.29, 0.717) is 0 Å². The molecule has 0 bridgehead atoms. The van der Waals surface area contributed by atoms with Crippen LogP contribution in [0.25, 0.3) is 0 Å². The van der Waals surface area contributed by atoms with Crippen LogP contribution < -0.4 is 5.73 Å². The highest BCUT2D eigenvalue weighted by molar-refractivity contribution is 5.90. The second-order valence-electron chi connectivity index (χ2n) is 1.97. The molecule has 0 aliphatic heterocycles. The van der Waals surface area contributed by atoms with Crippen LogP contribution in [-0.4, -0.2) is 10.9 Å². The highest BCUT2D eigenvalue weighted by Gasteiger charge is 1.99. The number of aryl methyl sites for hydroxylation is 1. The Morgan fingerprint density at radius 1 is 1.80 bits per heavy atom. The Hall–Kier alpha value is -1.38. The van der Waals surface area contributed by atoms with Crippen LogP contribution in [0.2, 0.25) is 0 Å². The Morgan fingerprint density at radius 3 is 2.90 bits per heavy atom. The van der Waals surface area contributed by atoms with Gasteiger partial charge in [0.1, 0.15) is 5.69 Å². The maximum atomic E-state index is 10.5. The summed E-state index contributed by atoms with van der Waals surface area (Å²) in [5.41, 5.74) is 6.01. The van der Waals surface area contributed by atoms with Crippen LogP contribution in [0.5, 0.6) is 0 Å². The molecule has 0 fully saturated rings. The van der Waals surface area contributed by atoms with Crippen LogP contribution in [0.1, 0.15) is 16.1 Å². The van der Waals surface area contributed by atoms with Gasteiger partial charge in [-0.25, -0.2) is 0 Å². The number of nitrogens with two attached hydrogens (primary N) is 1. The van der Waals surface area contributed by atoms with Crippen molar-refractivity contribution in [2.24, 2.45) is 5.73 Å². The number of carbonyl (C=O) groups is 1. The Labute approximate surface area is 58.9 Å². The number of hydrogen-bond donors (Lipinski definition) is 1. The van der Waals surface area contributed by atoms with E-state index in [1.807, 2.05) is 6.92 Å². The molecule has 1 aromatic rings. The monoisotopic (exact) mass is 135 g/mol. The fraction of sp³-hybridized carbons (Fsp3) is 0.143. The zero-order valence-electron chi connectivity index (χ0n) is 5.59. The molecule has 1 amide bonds. The van der Waals surface area contributed by atoms with E-state index in [-0.39, 0.29) is 5.69 Å². The summed E-state index contributed by atoms with van der Waals surface area (Å²) in [5.74, 6) is -0.538. The van der Waals surface area contributed by atoms with Gasteiger partial charge in [0.25, 0.3) is 5.91 Å². The number of amides is 1. The largest absolute Gasteiger partial charge is 0.364 e. The van der Waals surface area contributed by atoms with Crippen molar-refractivity contribution in [1.29, 1.82) is 0 Å². The quantitative estimate of drug-likeness (QED) is 0.601. The molecule has 0 aliphatic rings. The van der Waals surface area contributed by atoms with Gasteiger partial charge in [0.2, 0.25) is 0 Å². The van der Waals surface area contributed by atoms with Crippen molar-refractivity contribution >= 4 is 5.91 Å². The zero-order chi connectivity index (χ0) is 7.56. The van der Waals surface area contributed by atoms with Crippen molar-refractivity contribution in [1.82, 2.24) is 4.98 Å². The lowest BCUT2D eigenvalue weighted by Crippen LogP contribution is -2.12. The first-order valence-corrected chi connectivity index (χ1v) is 2.85. The van der Waals surface area contributed by atoms with Crippen LogP contribution >= 0.6 is 0 Å².